The fraction of sp³-hybridized carbons (Fsp3) is 0.500. The average molecular weight is 345 g/mol. The maximum atomic E-state index is 11.5. The average Bonchev–Trinajstić information content (AvgIpc) is 2.29. The second-order valence-corrected chi connectivity index (χ2v) is 6.49. The Hall–Kier alpha value is -1.27. The van der Waals surface area contributed by atoms with Crippen LogP contribution in [0, 0.1) is 0 Å². The summed E-state index contributed by atoms with van der Waals surface area (Å²) in [5, 5.41) is 12.0. The summed E-state index contributed by atoms with van der Waals surface area (Å²) in [5.41, 5.74) is 6.42. The van der Waals surface area contributed by atoms with Gasteiger partial charge >= 0.3 is 6.09 Å². The van der Waals surface area contributed by atoms with E-state index in [2.05, 4.69) is 21.2 Å². The van der Waals surface area contributed by atoms with Crippen LogP contribution in [0.3, 0.4) is 0 Å². The number of halogens is 1. The van der Waals surface area contributed by atoms with Gasteiger partial charge in [-0.3, -0.25) is 0 Å². The largest absolute Gasteiger partial charge is 0.507 e. The first-order valence-electron chi connectivity index (χ1n) is 6.37. The summed E-state index contributed by atoms with van der Waals surface area (Å²) in [6, 6.07) is 4.99. The Morgan fingerprint density at radius 1 is 1.50 bits per heavy atom. The predicted molar refractivity (Wildman–Crippen MR) is 81.7 cm³/mol. The molecule has 0 radical (unpaired) electrons. The first kappa shape index (κ1) is 16.8. The second kappa shape index (κ2) is 6.95. The van der Waals surface area contributed by atoms with E-state index in [1.807, 2.05) is 6.07 Å². The molecule has 5 nitrogen and oxygen atoms in total. The van der Waals surface area contributed by atoms with Gasteiger partial charge < -0.3 is 20.9 Å². The van der Waals surface area contributed by atoms with Crippen molar-refractivity contribution in [3.63, 3.8) is 0 Å². The van der Waals surface area contributed by atoms with Crippen LogP contribution in [0.4, 0.5) is 4.79 Å². The van der Waals surface area contributed by atoms with E-state index >= 15 is 0 Å². The van der Waals surface area contributed by atoms with Gasteiger partial charge in [0.15, 0.2) is 0 Å². The topological polar surface area (TPSA) is 84.6 Å². The number of carbonyl (C=O) groups excluding carboxylic acids is 1. The van der Waals surface area contributed by atoms with Gasteiger partial charge in [-0.05, 0) is 60.8 Å². The summed E-state index contributed by atoms with van der Waals surface area (Å²) >= 11 is 3.25. The molecule has 112 valence electrons. The van der Waals surface area contributed by atoms with Gasteiger partial charge in [0.05, 0.1) is 4.47 Å². The van der Waals surface area contributed by atoms with Crippen LogP contribution >= 0.6 is 15.9 Å². The monoisotopic (exact) mass is 344 g/mol. The molecule has 0 aromatic heterocycles. The van der Waals surface area contributed by atoms with Crippen LogP contribution in [0.2, 0.25) is 0 Å². The molecular weight excluding hydrogens is 324 g/mol. The Labute approximate surface area is 127 Å². The molecule has 0 saturated carbocycles. The number of benzene rings is 1. The summed E-state index contributed by atoms with van der Waals surface area (Å²) < 4.78 is 5.75. The smallest absolute Gasteiger partial charge is 0.407 e. The fourth-order valence-corrected chi connectivity index (χ4v) is 2.01. The molecule has 1 rings (SSSR count). The first-order chi connectivity index (χ1) is 9.17. The van der Waals surface area contributed by atoms with Crippen LogP contribution in [-0.4, -0.2) is 29.4 Å². The molecule has 0 fully saturated rings. The van der Waals surface area contributed by atoms with Crippen molar-refractivity contribution in [3.05, 3.63) is 28.2 Å². The lowest BCUT2D eigenvalue weighted by Gasteiger charge is -2.20. The molecule has 4 N–H and O–H groups in total. The third kappa shape index (κ3) is 6.25. The van der Waals surface area contributed by atoms with Crippen LogP contribution in [0.5, 0.6) is 5.75 Å². The molecule has 0 saturated heterocycles. The van der Waals surface area contributed by atoms with Crippen molar-refractivity contribution in [1.82, 2.24) is 5.32 Å². The van der Waals surface area contributed by atoms with E-state index in [1.165, 1.54) is 0 Å². The van der Waals surface area contributed by atoms with E-state index in [9.17, 15) is 9.90 Å². The van der Waals surface area contributed by atoms with Crippen LogP contribution in [0.25, 0.3) is 0 Å². The lowest BCUT2D eigenvalue weighted by atomic mass is 10.1. The molecule has 0 bridgehead atoms. The van der Waals surface area contributed by atoms with Gasteiger partial charge in [0, 0.05) is 12.6 Å². The van der Waals surface area contributed by atoms with Crippen LogP contribution in [0.15, 0.2) is 22.7 Å². The van der Waals surface area contributed by atoms with Crippen LogP contribution in [0.1, 0.15) is 26.3 Å². The van der Waals surface area contributed by atoms with Gasteiger partial charge in [-0.15, -0.1) is 0 Å². The van der Waals surface area contributed by atoms with Gasteiger partial charge in [0.2, 0.25) is 0 Å². The van der Waals surface area contributed by atoms with E-state index in [0.29, 0.717) is 17.4 Å². The number of nitrogens with two attached hydrogens (primary N) is 1. The van der Waals surface area contributed by atoms with E-state index in [1.54, 1.807) is 32.9 Å². The van der Waals surface area contributed by atoms with Gasteiger partial charge in [-0.1, -0.05) is 6.07 Å². The molecule has 1 amide bonds. The lowest BCUT2D eigenvalue weighted by molar-refractivity contribution is 0.0524. The zero-order valence-electron chi connectivity index (χ0n) is 11.9. The van der Waals surface area contributed by atoms with Crippen molar-refractivity contribution in [3.8, 4) is 5.75 Å². The third-order valence-electron chi connectivity index (χ3n) is 2.42. The minimum absolute atomic E-state index is 0.189. The number of amides is 1. The molecule has 0 aliphatic carbocycles. The molecule has 0 aliphatic rings. The summed E-state index contributed by atoms with van der Waals surface area (Å²) in [5.74, 6) is 0.189. The highest BCUT2D eigenvalue weighted by molar-refractivity contribution is 9.10. The maximum absolute atomic E-state index is 11.5. The van der Waals surface area contributed by atoms with Crippen LogP contribution in [-0.2, 0) is 11.2 Å². The highest BCUT2D eigenvalue weighted by Gasteiger charge is 2.16. The summed E-state index contributed by atoms with van der Waals surface area (Å²) in [6.07, 6.45) is 0.120. The van der Waals surface area contributed by atoms with E-state index in [0.717, 1.165) is 5.56 Å². The van der Waals surface area contributed by atoms with Crippen LogP contribution < -0.4 is 11.1 Å². The minimum atomic E-state index is -0.518. The zero-order valence-corrected chi connectivity index (χ0v) is 13.5. The number of rotatable bonds is 4. The quantitative estimate of drug-likeness (QED) is 0.783. The number of alkyl carbamates (subject to hydrolysis) is 1. The number of ether oxygens (including phenoxy) is 1. The molecule has 6 heteroatoms. The standard InChI is InChI=1S/C14H21BrN2O3/c1-14(2,3)20-13(19)17-8-10(16)6-9-4-5-12(18)11(15)7-9/h4-5,7,10,18H,6,8,16H2,1-3H3,(H,17,19). The predicted octanol–water partition coefficient (Wildman–Crippen LogP) is 2.55. The molecular formula is C14H21BrN2O3. The summed E-state index contributed by atoms with van der Waals surface area (Å²) in [4.78, 5) is 11.5. The Morgan fingerprint density at radius 3 is 2.70 bits per heavy atom. The third-order valence-corrected chi connectivity index (χ3v) is 3.05. The SMILES string of the molecule is CC(C)(C)OC(=O)NCC(N)Cc1ccc(O)c(Br)c1. The number of phenols is 1. The summed E-state index contributed by atoms with van der Waals surface area (Å²) in [7, 11) is 0. The van der Waals surface area contributed by atoms with Gasteiger partial charge in [-0.2, -0.15) is 0 Å². The normalized spacial score (nSPS) is 12.8. The number of phenolic OH excluding ortho intramolecular Hbond substituents is 1. The van der Waals surface area contributed by atoms with Gasteiger partial charge in [0.25, 0.3) is 0 Å². The number of carbonyl (C=O) groups is 1. The Balaban J connectivity index is 2.42. The first-order valence-corrected chi connectivity index (χ1v) is 7.16. The Bertz CT molecular complexity index is 472. The van der Waals surface area contributed by atoms with Gasteiger partial charge in [-0.25, -0.2) is 4.79 Å². The summed E-state index contributed by atoms with van der Waals surface area (Å²) in [6.45, 7) is 5.74. The molecule has 1 aromatic rings. The van der Waals surface area contributed by atoms with Crippen molar-refractivity contribution in [2.45, 2.75) is 38.8 Å². The minimum Gasteiger partial charge on any atom is -0.507 e. The van der Waals surface area contributed by atoms with Crippen molar-refractivity contribution >= 4 is 22.0 Å². The zero-order chi connectivity index (χ0) is 15.3. The van der Waals surface area contributed by atoms with Crippen molar-refractivity contribution < 1.29 is 14.6 Å². The van der Waals surface area contributed by atoms with Crippen molar-refractivity contribution in [2.24, 2.45) is 5.73 Å². The second-order valence-electron chi connectivity index (χ2n) is 5.63. The Kier molecular flexibility index (Phi) is 5.83. The number of hydrogen-bond acceptors (Lipinski definition) is 4. The fourth-order valence-electron chi connectivity index (χ4n) is 1.58. The highest BCUT2D eigenvalue weighted by atomic mass is 79.9. The van der Waals surface area contributed by atoms with Gasteiger partial charge in [0.1, 0.15) is 11.4 Å². The number of aromatic hydroxyl groups is 1. The molecule has 1 atom stereocenters. The highest BCUT2D eigenvalue weighted by Crippen LogP contribution is 2.24. The molecule has 20 heavy (non-hydrogen) atoms. The Morgan fingerprint density at radius 2 is 2.15 bits per heavy atom. The van der Waals surface area contributed by atoms with Crippen molar-refractivity contribution in [1.29, 1.82) is 0 Å². The molecule has 1 aromatic carbocycles. The molecule has 1 unspecified atom stereocenters. The molecule has 0 aliphatic heterocycles. The lowest BCUT2D eigenvalue weighted by Crippen LogP contribution is -2.41. The number of hydrogen-bond donors (Lipinski definition) is 3. The number of nitrogens with one attached hydrogen (secondary N) is 1. The van der Waals surface area contributed by atoms with E-state index < -0.39 is 11.7 Å². The molecule has 0 spiro atoms. The molecule has 0 heterocycles. The maximum Gasteiger partial charge on any atom is 0.407 e. The van der Waals surface area contributed by atoms with E-state index in [-0.39, 0.29) is 11.8 Å². The van der Waals surface area contributed by atoms with Crippen molar-refractivity contribution in [2.75, 3.05) is 6.54 Å². The van der Waals surface area contributed by atoms with E-state index in [4.69, 9.17) is 10.5 Å².